The van der Waals surface area contributed by atoms with Crippen LogP contribution in [0.5, 0.6) is 0 Å². The van der Waals surface area contributed by atoms with Crippen molar-refractivity contribution in [2.75, 3.05) is 39.6 Å². The van der Waals surface area contributed by atoms with Gasteiger partial charge < -0.3 is 36.1 Å². The fourth-order valence-corrected chi connectivity index (χ4v) is 29.7. The standard InChI is InChI=1S/C25H64O8Si6/c1-34(2,3)30-38(13,31-35(4,5)6)19-15-17-28-23-25(21-26,22-27)24-29-18-16-20-39(14,32-36(7,8)9)33-37(10,11)12/h26-27H,15-24H2,1-14H3. The first kappa shape index (κ1) is 40.0. The summed E-state index contributed by atoms with van der Waals surface area (Å²) in [6.07, 6.45) is 1.64. The van der Waals surface area contributed by atoms with Crippen molar-refractivity contribution in [1.29, 1.82) is 0 Å². The zero-order valence-corrected chi connectivity index (χ0v) is 33.9. The molecule has 0 aliphatic carbocycles. The van der Waals surface area contributed by atoms with Gasteiger partial charge in [-0.15, -0.1) is 0 Å². The van der Waals surface area contributed by atoms with Crippen molar-refractivity contribution in [2.24, 2.45) is 5.41 Å². The number of aliphatic hydroxyl groups excluding tert-OH is 2. The van der Waals surface area contributed by atoms with Gasteiger partial charge in [0.25, 0.3) is 0 Å². The van der Waals surface area contributed by atoms with Gasteiger partial charge in [-0.2, -0.15) is 0 Å². The molecule has 2 N–H and O–H groups in total. The summed E-state index contributed by atoms with van der Waals surface area (Å²) in [4.78, 5) is 0. The summed E-state index contributed by atoms with van der Waals surface area (Å²) in [5, 5.41) is 20.2. The van der Waals surface area contributed by atoms with Crippen molar-refractivity contribution in [2.45, 2.75) is 117 Å². The Bertz CT molecular complexity index is 596. The monoisotopic (exact) mass is 660 g/mol. The average Bonchev–Trinajstić information content (AvgIpc) is 2.66. The molecule has 0 amide bonds. The van der Waals surface area contributed by atoms with Crippen LogP contribution in [0.2, 0.25) is 104 Å². The molecule has 0 rings (SSSR count). The third kappa shape index (κ3) is 20.5. The van der Waals surface area contributed by atoms with Gasteiger partial charge in [-0.25, -0.2) is 0 Å². The molecule has 0 aliphatic rings. The van der Waals surface area contributed by atoms with Crippen molar-refractivity contribution < 1.29 is 36.1 Å². The van der Waals surface area contributed by atoms with Crippen LogP contribution >= 0.6 is 0 Å². The molecule has 0 aromatic rings. The van der Waals surface area contributed by atoms with Gasteiger partial charge in [0.15, 0.2) is 33.3 Å². The van der Waals surface area contributed by atoms with Crippen LogP contribution in [-0.2, 0) is 25.9 Å². The first-order chi connectivity index (χ1) is 17.4. The number of ether oxygens (including phenoxy) is 2. The second-order valence-corrected chi connectivity index (χ2v) is 41.0. The second-order valence-electron chi connectivity index (χ2n) is 15.3. The molecule has 0 aliphatic heterocycles. The van der Waals surface area contributed by atoms with Crippen molar-refractivity contribution in [3.8, 4) is 0 Å². The van der Waals surface area contributed by atoms with Crippen LogP contribution in [0.3, 0.4) is 0 Å². The van der Waals surface area contributed by atoms with Gasteiger partial charge in [-0.05, 0) is 117 Å². The van der Waals surface area contributed by atoms with Gasteiger partial charge in [0, 0.05) is 13.2 Å². The van der Waals surface area contributed by atoms with Gasteiger partial charge in [0.2, 0.25) is 0 Å². The normalized spacial score (nSPS) is 14.8. The molecular weight excluding hydrogens is 597 g/mol. The van der Waals surface area contributed by atoms with Crippen molar-refractivity contribution in [3.05, 3.63) is 0 Å². The number of hydrogen-bond acceptors (Lipinski definition) is 8. The lowest BCUT2D eigenvalue weighted by Crippen LogP contribution is -2.52. The lowest BCUT2D eigenvalue weighted by Gasteiger charge is -2.38. The third-order valence-electron chi connectivity index (χ3n) is 5.41. The second kappa shape index (κ2) is 16.2. The van der Waals surface area contributed by atoms with Gasteiger partial charge in [-0.1, -0.05) is 0 Å². The third-order valence-corrected chi connectivity index (χ3v) is 24.6. The predicted molar refractivity (Wildman–Crippen MR) is 178 cm³/mol. The molecule has 0 aromatic carbocycles. The molecule has 0 bridgehead atoms. The maximum Gasteiger partial charge on any atom is 0.314 e. The van der Waals surface area contributed by atoms with E-state index in [1.165, 1.54) is 0 Å². The average molecular weight is 661 g/mol. The maximum atomic E-state index is 10.1. The van der Waals surface area contributed by atoms with E-state index in [1.54, 1.807) is 0 Å². The van der Waals surface area contributed by atoms with Crippen LogP contribution in [0.25, 0.3) is 0 Å². The van der Waals surface area contributed by atoms with Gasteiger partial charge in [0.05, 0.1) is 31.8 Å². The van der Waals surface area contributed by atoms with E-state index in [2.05, 4.69) is 91.7 Å². The van der Waals surface area contributed by atoms with Gasteiger partial charge in [0.1, 0.15) is 0 Å². The van der Waals surface area contributed by atoms with E-state index in [-0.39, 0.29) is 26.4 Å². The molecule has 0 saturated heterocycles. The van der Waals surface area contributed by atoms with E-state index in [0.717, 1.165) is 24.9 Å². The fraction of sp³-hybridized carbons (Fsp3) is 1.00. The topological polar surface area (TPSA) is 95.8 Å². The highest BCUT2D eigenvalue weighted by Crippen LogP contribution is 2.27. The largest absolute Gasteiger partial charge is 0.437 e. The molecule has 39 heavy (non-hydrogen) atoms. The molecule has 0 radical (unpaired) electrons. The molecule has 0 atom stereocenters. The maximum absolute atomic E-state index is 10.1. The summed E-state index contributed by atoms with van der Waals surface area (Å²) in [6, 6.07) is 1.73. The summed E-state index contributed by atoms with van der Waals surface area (Å²) in [5.41, 5.74) is -0.825. The quantitative estimate of drug-likeness (QED) is 0.103. The molecular formula is C25H64O8Si6. The minimum absolute atomic E-state index is 0.197. The molecule has 0 spiro atoms. The fourth-order valence-electron chi connectivity index (χ4n) is 4.68. The van der Waals surface area contributed by atoms with Crippen LogP contribution in [-0.4, -0.2) is 100 Å². The van der Waals surface area contributed by atoms with E-state index in [0.29, 0.717) is 13.2 Å². The number of aliphatic hydroxyl groups is 2. The van der Waals surface area contributed by atoms with E-state index in [9.17, 15) is 10.2 Å². The van der Waals surface area contributed by atoms with E-state index in [1.807, 2.05) is 0 Å². The molecule has 0 saturated carbocycles. The Morgan fingerprint density at radius 1 is 0.462 bits per heavy atom. The van der Waals surface area contributed by atoms with Crippen LogP contribution < -0.4 is 0 Å². The van der Waals surface area contributed by atoms with Crippen LogP contribution in [0.4, 0.5) is 0 Å². The number of hydrogen-bond donors (Lipinski definition) is 2. The Hall–Kier alpha value is 0.981. The van der Waals surface area contributed by atoms with Gasteiger partial charge in [-0.3, -0.25) is 0 Å². The summed E-state index contributed by atoms with van der Waals surface area (Å²) < 4.78 is 38.2. The van der Waals surface area contributed by atoms with Crippen molar-refractivity contribution in [3.63, 3.8) is 0 Å². The lowest BCUT2D eigenvalue weighted by molar-refractivity contribution is -0.0768. The predicted octanol–water partition coefficient (Wildman–Crippen LogP) is 6.32. The summed E-state index contributed by atoms with van der Waals surface area (Å²) in [6.45, 7) is 32.0. The van der Waals surface area contributed by atoms with Crippen LogP contribution in [0.15, 0.2) is 0 Å². The summed E-state index contributed by atoms with van der Waals surface area (Å²) in [5.74, 6) is 0. The lowest BCUT2D eigenvalue weighted by atomic mass is 9.92. The van der Waals surface area contributed by atoms with E-state index < -0.39 is 55.8 Å². The Morgan fingerprint density at radius 2 is 0.718 bits per heavy atom. The Labute approximate surface area is 247 Å². The SMILES string of the molecule is C[Si](C)(C)O[Si](C)(CCCOCC(CO)(CO)COCCC[Si](C)(O[Si](C)(C)C)O[Si](C)(C)C)O[Si](C)(C)C. The Balaban J connectivity index is 4.82. The number of rotatable bonds is 22. The molecule has 0 unspecified atom stereocenters. The highest BCUT2D eigenvalue weighted by molar-refractivity contribution is 6.88. The van der Waals surface area contributed by atoms with Crippen LogP contribution in [0.1, 0.15) is 12.8 Å². The molecule has 0 aromatic heterocycles. The summed E-state index contributed by atoms with van der Waals surface area (Å²) in [7, 11) is -11.5. The summed E-state index contributed by atoms with van der Waals surface area (Å²) >= 11 is 0. The van der Waals surface area contributed by atoms with E-state index in [4.69, 9.17) is 25.9 Å². The smallest absolute Gasteiger partial charge is 0.314 e. The zero-order chi connectivity index (χ0) is 30.8. The first-order valence-electron chi connectivity index (χ1n) is 14.5. The zero-order valence-electron chi connectivity index (χ0n) is 27.9. The Morgan fingerprint density at radius 3 is 0.923 bits per heavy atom. The van der Waals surface area contributed by atoms with Gasteiger partial charge >= 0.3 is 17.1 Å². The minimum Gasteiger partial charge on any atom is -0.437 e. The highest BCUT2D eigenvalue weighted by atomic mass is 28.5. The Kier molecular flexibility index (Phi) is 16.6. The van der Waals surface area contributed by atoms with E-state index >= 15 is 0 Å². The molecule has 236 valence electrons. The van der Waals surface area contributed by atoms with Crippen molar-refractivity contribution in [1.82, 2.24) is 0 Å². The minimum atomic E-state index is -2.30. The molecule has 14 heteroatoms. The van der Waals surface area contributed by atoms with Crippen molar-refractivity contribution >= 4 is 50.4 Å². The van der Waals surface area contributed by atoms with Crippen LogP contribution in [0, 0.1) is 5.41 Å². The molecule has 8 nitrogen and oxygen atoms in total. The highest BCUT2D eigenvalue weighted by Gasteiger charge is 2.41. The molecule has 0 heterocycles. The first-order valence-corrected chi connectivity index (χ1v) is 33.2. The molecule has 0 fully saturated rings.